The number of rotatable bonds is 2. The van der Waals surface area contributed by atoms with Crippen molar-refractivity contribution in [2.24, 2.45) is 0 Å². The number of carbonyl (C=O) groups excluding carboxylic acids is 1. The topological polar surface area (TPSA) is 26.3 Å². The molecule has 2 aromatic rings. The van der Waals surface area contributed by atoms with E-state index < -0.39 is 11.8 Å². The highest BCUT2D eigenvalue weighted by molar-refractivity contribution is 7.20. The normalized spacial score (nSPS) is 10.7. The third kappa shape index (κ3) is 2.03. The molecule has 0 N–H and O–H groups in total. The minimum Gasteiger partial charge on any atom is -0.462 e. The Morgan fingerprint density at radius 1 is 1.50 bits per heavy atom. The number of fused-ring (bicyclic) bond motifs is 1. The summed E-state index contributed by atoms with van der Waals surface area (Å²) in [6.45, 7) is 2.05. The Labute approximate surface area is 101 Å². The Kier molecular flexibility index (Phi) is 3.12. The molecule has 1 aromatic heterocycles. The summed E-state index contributed by atoms with van der Waals surface area (Å²) in [5, 5.41) is 0.984. The maximum Gasteiger partial charge on any atom is 0.348 e. The van der Waals surface area contributed by atoms with Gasteiger partial charge in [0.05, 0.1) is 11.6 Å². The van der Waals surface area contributed by atoms with Crippen LogP contribution in [-0.2, 0) is 4.74 Å². The van der Waals surface area contributed by atoms with Gasteiger partial charge in [0.25, 0.3) is 0 Å². The lowest BCUT2D eigenvalue weighted by Crippen LogP contribution is -2.01. The van der Waals surface area contributed by atoms with E-state index in [1.807, 2.05) is 0 Å². The maximum absolute atomic E-state index is 13.1. The average molecular weight is 259 g/mol. The number of halogens is 2. The second-order valence-corrected chi connectivity index (χ2v) is 4.62. The molecule has 84 valence electrons. The predicted octanol–water partition coefficient (Wildman–Crippen LogP) is 3.87. The summed E-state index contributed by atoms with van der Waals surface area (Å²) in [7, 11) is 0. The van der Waals surface area contributed by atoms with Crippen LogP contribution in [0, 0.1) is 5.82 Å². The van der Waals surface area contributed by atoms with Gasteiger partial charge in [-0.25, -0.2) is 9.18 Å². The van der Waals surface area contributed by atoms with Gasteiger partial charge in [-0.2, -0.15) is 0 Å². The lowest BCUT2D eigenvalue weighted by atomic mass is 10.2. The quantitative estimate of drug-likeness (QED) is 0.765. The largest absolute Gasteiger partial charge is 0.462 e. The zero-order chi connectivity index (χ0) is 11.7. The van der Waals surface area contributed by atoms with Crippen molar-refractivity contribution < 1.29 is 13.9 Å². The zero-order valence-electron chi connectivity index (χ0n) is 8.42. The van der Waals surface area contributed by atoms with Crippen molar-refractivity contribution in [2.75, 3.05) is 6.61 Å². The van der Waals surface area contributed by atoms with Gasteiger partial charge in [0, 0.05) is 10.1 Å². The fourth-order valence-corrected chi connectivity index (χ4v) is 2.69. The molecular formula is C11H8ClFO2S. The first-order valence-corrected chi connectivity index (χ1v) is 5.87. The van der Waals surface area contributed by atoms with Crippen molar-refractivity contribution in [2.45, 2.75) is 6.92 Å². The van der Waals surface area contributed by atoms with E-state index in [1.54, 1.807) is 13.0 Å². The number of hydrogen-bond donors (Lipinski definition) is 0. The van der Waals surface area contributed by atoms with E-state index in [1.165, 1.54) is 23.5 Å². The highest BCUT2D eigenvalue weighted by Gasteiger charge is 2.13. The molecule has 0 aliphatic carbocycles. The molecule has 16 heavy (non-hydrogen) atoms. The highest BCUT2D eigenvalue weighted by Crippen LogP contribution is 2.32. The van der Waals surface area contributed by atoms with Gasteiger partial charge < -0.3 is 4.74 Å². The monoisotopic (exact) mass is 258 g/mol. The van der Waals surface area contributed by atoms with Gasteiger partial charge in [-0.05, 0) is 25.1 Å². The molecule has 0 amide bonds. The van der Waals surface area contributed by atoms with Crippen LogP contribution in [0.3, 0.4) is 0 Å². The third-order valence-corrected chi connectivity index (χ3v) is 3.40. The first-order chi connectivity index (χ1) is 7.61. The van der Waals surface area contributed by atoms with Gasteiger partial charge in [-0.1, -0.05) is 11.6 Å². The zero-order valence-corrected chi connectivity index (χ0v) is 9.99. The Balaban J connectivity index is 2.51. The number of hydrogen-bond acceptors (Lipinski definition) is 3. The molecule has 1 aromatic carbocycles. The van der Waals surface area contributed by atoms with Crippen LogP contribution >= 0.6 is 22.9 Å². The summed E-state index contributed by atoms with van der Waals surface area (Å²) in [6, 6.07) is 4.21. The molecule has 0 bridgehead atoms. The molecule has 0 spiro atoms. The molecular weight excluding hydrogens is 251 g/mol. The smallest absolute Gasteiger partial charge is 0.348 e. The molecule has 0 saturated carbocycles. The Morgan fingerprint density at radius 3 is 2.94 bits per heavy atom. The predicted molar refractivity (Wildman–Crippen MR) is 62.7 cm³/mol. The molecule has 0 radical (unpaired) electrons. The minimum absolute atomic E-state index is 0.307. The molecule has 0 aliphatic heterocycles. The molecule has 1 heterocycles. The van der Waals surface area contributed by atoms with Gasteiger partial charge in [-0.15, -0.1) is 11.3 Å². The first kappa shape index (κ1) is 11.4. The highest BCUT2D eigenvalue weighted by atomic mass is 35.5. The van der Waals surface area contributed by atoms with Crippen LogP contribution in [-0.4, -0.2) is 12.6 Å². The maximum atomic E-state index is 13.1. The summed E-state index contributed by atoms with van der Waals surface area (Å²) in [5.41, 5.74) is 0. The molecule has 0 fully saturated rings. The van der Waals surface area contributed by atoms with Crippen molar-refractivity contribution in [3.63, 3.8) is 0 Å². The van der Waals surface area contributed by atoms with Crippen molar-refractivity contribution in [1.29, 1.82) is 0 Å². The molecule has 0 unspecified atom stereocenters. The van der Waals surface area contributed by atoms with E-state index in [0.717, 1.165) is 0 Å². The van der Waals surface area contributed by atoms with Crippen molar-refractivity contribution in [3.05, 3.63) is 33.9 Å². The van der Waals surface area contributed by atoms with Crippen LogP contribution in [0.1, 0.15) is 16.6 Å². The Morgan fingerprint density at radius 2 is 2.25 bits per heavy atom. The second kappa shape index (κ2) is 4.39. The van der Waals surface area contributed by atoms with Crippen LogP contribution in [0.5, 0.6) is 0 Å². The van der Waals surface area contributed by atoms with Crippen molar-refractivity contribution >= 4 is 39.0 Å². The molecule has 5 heteroatoms. The van der Waals surface area contributed by atoms with E-state index in [4.69, 9.17) is 16.3 Å². The number of benzene rings is 1. The lowest BCUT2D eigenvalue weighted by molar-refractivity contribution is 0.0532. The van der Waals surface area contributed by atoms with E-state index >= 15 is 0 Å². The van der Waals surface area contributed by atoms with E-state index in [9.17, 15) is 9.18 Å². The Bertz CT molecular complexity index is 550. The van der Waals surface area contributed by atoms with Crippen LogP contribution in [0.2, 0.25) is 5.02 Å². The van der Waals surface area contributed by atoms with Gasteiger partial charge in [0.1, 0.15) is 10.7 Å². The fraction of sp³-hybridized carbons (Fsp3) is 0.182. The fourth-order valence-electron chi connectivity index (χ4n) is 1.37. The summed E-state index contributed by atoms with van der Waals surface area (Å²) in [5.74, 6) is -0.810. The summed E-state index contributed by atoms with van der Waals surface area (Å²) < 4.78 is 18.6. The van der Waals surface area contributed by atoms with Crippen LogP contribution < -0.4 is 0 Å². The van der Waals surface area contributed by atoms with Gasteiger partial charge in [0.15, 0.2) is 0 Å². The van der Waals surface area contributed by atoms with Gasteiger partial charge in [0.2, 0.25) is 0 Å². The average Bonchev–Trinajstić information content (AvgIpc) is 2.62. The number of ether oxygens (including phenoxy) is 1. The minimum atomic E-state index is -0.408. The number of carbonyl (C=O) groups is 1. The number of esters is 1. The SMILES string of the molecule is CCOC(=O)c1cc2c(Cl)cc(F)cc2s1. The van der Waals surface area contributed by atoms with E-state index in [2.05, 4.69) is 0 Å². The first-order valence-electron chi connectivity index (χ1n) is 4.67. The van der Waals surface area contributed by atoms with Gasteiger partial charge in [-0.3, -0.25) is 0 Å². The van der Waals surface area contributed by atoms with Crippen LogP contribution in [0.4, 0.5) is 4.39 Å². The van der Waals surface area contributed by atoms with Crippen molar-refractivity contribution in [3.8, 4) is 0 Å². The molecule has 2 rings (SSSR count). The van der Waals surface area contributed by atoms with Crippen LogP contribution in [0.15, 0.2) is 18.2 Å². The van der Waals surface area contributed by atoms with Crippen LogP contribution in [0.25, 0.3) is 10.1 Å². The lowest BCUT2D eigenvalue weighted by Gasteiger charge is -1.95. The van der Waals surface area contributed by atoms with Gasteiger partial charge >= 0.3 is 5.97 Å². The summed E-state index contributed by atoms with van der Waals surface area (Å²) in [6.07, 6.45) is 0. The molecule has 0 saturated heterocycles. The standard InChI is InChI=1S/C11H8ClFO2S/c1-2-15-11(14)10-5-7-8(12)3-6(13)4-9(7)16-10/h3-5H,2H2,1H3. The molecule has 0 atom stereocenters. The summed E-state index contributed by atoms with van der Waals surface area (Å²) >= 11 is 7.05. The molecule has 0 aliphatic rings. The van der Waals surface area contributed by atoms with E-state index in [-0.39, 0.29) is 0 Å². The second-order valence-electron chi connectivity index (χ2n) is 3.13. The molecule has 2 nitrogen and oxygen atoms in total. The summed E-state index contributed by atoms with van der Waals surface area (Å²) in [4.78, 5) is 11.9. The van der Waals surface area contributed by atoms with E-state index in [0.29, 0.717) is 26.6 Å². The third-order valence-electron chi connectivity index (χ3n) is 2.03. The Hall–Kier alpha value is -1.13. The number of thiophene rings is 1. The van der Waals surface area contributed by atoms with Crippen molar-refractivity contribution in [1.82, 2.24) is 0 Å².